The molecule has 25 heavy (non-hydrogen) atoms. The maximum atomic E-state index is 13.6. The topological polar surface area (TPSA) is 29.9 Å². The summed E-state index contributed by atoms with van der Waals surface area (Å²) in [7, 11) is 0. The maximum absolute atomic E-state index is 13.6. The largest absolute Gasteiger partial charge is 0.435 e. The van der Waals surface area contributed by atoms with Crippen molar-refractivity contribution in [3.05, 3.63) is 77.4 Å². The van der Waals surface area contributed by atoms with Gasteiger partial charge in [-0.2, -0.15) is 18.3 Å². The first kappa shape index (κ1) is 17.0. The summed E-state index contributed by atoms with van der Waals surface area (Å²) in [5.41, 5.74) is 1.24. The second-order valence-electron chi connectivity index (χ2n) is 5.57. The van der Waals surface area contributed by atoms with Gasteiger partial charge in [-0.25, -0.2) is 9.07 Å². The van der Waals surface area contributed by atoms with Gasteiger partial charge in [-0.1, -0.05) is 18.2 Å². The predicted octanol–water partition coefficient (Wildman–Crippen LogP) is 4.95. The molecule has 1 N–H and O–H groups in total. The van der Waals surface area contributed by atoms with Crippen LogP contribution >= 0.6 is 0 Å². The first-order valence-electron chi connectivity index (χ1n) is 7.56. The number of aromatic nitrogens is 2. The van der Waals surface area contributed by atoms with Crippen LogP contribution < -0.4 is 5.32 Å². The molecule has 0 bridgehead atoms. The zero-order valence-electron chi connectivity index (χ0n) is 13.3. The molecule has 0 spiro atoms. The Morgan fingerprint density at radius 2 is 1.72 bits per heavy atom. The van der Waals surface area contributed by atoms with Gasteiger partial charge in [0.05, 0.1) is 5.69 Å². The van der Waals surface area contributed by atoms with Crippen molar-refractivity contribution in [3.8, 4) is 5.69 Å². The summed E-state index contributed by atoms with van der Waals surface area (Å²) >= 11 is 0. The number of aryl methyl sites for hydroxylation is 1. The molecule has 2 aromatic carbocycles. The number of nitrogens with zero attached hydrogens (tertiary/aromatic N) is 2. The normalized spacial score (nSPS) is 11.6. The standard InChI is InChI=1S/C18H15F4N3/c1-12-10-17(18(20,21)22)24-25(12)15-8-6-14(7-9-15)23-11-13-4-2-3-5-16(13)19/h2-10,23H,11H2,1H3. The van der Waals surface area contributed by atoms with E-state index in [0.717, 1.165) is 11.8 Å². The summed E-state index contributed by atoms with van der Waals surface area (Å²) in [5.74, 6) is -0.293. The van der Waals surface area contributed by atoms with Crippen LogP contribution in [0.25, 0.3) is 5.69 Å². The fraction of sp³-hybridized carbons (Fsp3) is 0.167. The van der Waals surface area contributed by atoms with Gasteiger partial charge in [-0.05, 0) is 43.3 Å². The van der Waals surface area contributed by atoms with Gasteiger partial charge in [-0.3, -0.25) is 0 Å². The number of hydrogen-bond acceptors (Lipinski definition) is 2. The van der Waals surface area contributed by atoms with E-state index in [1.807, 2.05) is 0 Å². The fourth-order valence-corrected chi connectivity index (χ4v) is 2.43. The van der Waals surface area contributed by atoms with E-state index in [2.05, 4.69) is 10.4 Å². The summed E-state index contributed by atoms with van der Waals surface area (Å²) in [6, 6.07) is 14.2. The Bertz CT molecular complexity index is 867. The van der Waals surface area contributed by atoms with Crippen molar-refractivity contribution >= 4 is 5.69 Å². The lowest BCUT2D eigenvalue weighted by Gasteiger charge is -2.09. The molecule has 0 fully saturated rings. The summed E-state index contributed by atoms with van der Waals surface area (Å²) in [6.45, 7) is 1.87. The van der Waals surface area contributed by atoms with E-state index in [9.17, 15) is 17.6 Å². The van der Waals surface area contributed by atoms with Gasteiger partial charge < -0.3 is 5.32 Å². The molecular weight excluding hydrogens is 334 g/mol. The molecule has 0 saturated heterocycles. The van der Waals surface area contributed by atoms with Crippen LogP contribution in [0.15, 0.2) is 54.6 Å². The van der Waals surface area contributed by atoms with Gasteiger partial charge in [0.25, 0.3) is 0 Å². The third-order valence-electron chi connectivity index (χ3n) is 3.73. The number of anilines is 1. The Morgan fingerprint density at radius 3 is 2.32 bits per heavy atom. The van der Waals surface area contributed by atoms with E-state index in [1.165, 1.54) is 10.7 Å². The Hall–Kier alpha value is -2.83. The van der Waals surface area contributed by atoms with Crippen LogP contribution in [0.5, 0.6) is 0 Å². The molecule has 1 aromatic heterocycles. The number of rotatable bonds is 4. The molecule has 0 aliphatic rings. The molecule has 0 unspecified atom stereocenters. The van der Waals surface area contributed by atoms with Gasteiger partial charge in [0.1, 0.15) is 5.82 Å². The summed E-state index contributed by atoms with van der Waals surface area (Å²) < 4.78 is 53.0. The van der Waals surface area contributed by atoms with E-state index >= 15 is 0 Å². The maximum Gasteiger partial charge on any atom is 0.435 e. The molecule has 0 saturated carbocycles. The first-order valence-corrected chi connectivity index (χ1v) is 7.56. The molecule has 3 rings (SSSR count). The average molecular weight is 349 g/mol. The van der Waals surface area contributed by atoms with E-state index in [4.69, 9.17) is 0 Å². The molecule has 0 atom stereocenters. The molecule has 0 amide bonds. The highest BCUT2D eigenvalue weighted by Gasteiger charge is 2.34. The van der Waals surface area contributed by atoms with Gasteiger partial charge >= 0.3 is 6.18 Å². The van der Waals surface area contributed by atoms with Crippen molar-refractivity contribution in [3.63, 3.8) is 0 Å². The average Bonchev–Trinajstić information content (AvgIpc) is 2.97. The van der Waals surface area contributed by atoms with Crippen LogP contribution in [-0.2, 0) is 12.7 Å². The molecule has 0 radical (unpaired) electrons. The van der Waals surface area contributed by atoms with Crippen LogP contribution in [0.3, 0.4) is 0 Å². The van der Waals surface area contributed by atoms with Crippen LogP contribution in [0.2, 0.25) is 0 Å². The third-order valence-corrected chi connectivity index (χ3v) is 3.73. The van der Waals surface area contributed by atoms with Crippen LogP contribution in [0.1, 0.15) is 17.0 Å². The smallest absolute Gasteiger partial charge is 0.381 e. The SMILES string of the molecule is Cc1cc(C(F)(F)F)nn1-c1ccc(NCc2ccccc2F)cc1. The Kier molecular flexibility index (Phi) is 4.48. The van der Waals surface area contributed by atoms with E-state index < -0.39 is 11.9 Å². The quantitative estimate of drug-likeness (QED) is 0.676. The number of nitrogens with one attached hydrogen (secondary N) is 1. The summed E-state index contributed by atoms with van der Waals surface area (Å²) in [5, 5.41) is 6.68. The lowest BCUT2D eigenvalue weighted by atomic mass is 10.2. The highest BCUT2D eigenvalue weighted by molar-refractivity contribution is 5.49. The lowest BCUT2D eigenvalue weighted by Crippen LogP contribution is -2.07. The van der Waals surface area contributed by atoms with Gasteiger partial charge in [0, 0.05) is 23.5 Å². The number of halogens is 4. The van der Waals surface area contributed by atoms with Crippen LogP contribution in [0, 0.1) is 12.7 Å². The zero-order valence-corrected chi connectivity index (χ0v) is 13.3. The first-order chi connectivity index (χ1) is 11.8. The Labute approximate surface area is 141 Å². The van der Waals surface area contributed by atoms with Crippen LogP contribution in [-0.4, -0.2) is 9.78 Å². The molecule has 0 aliphatic carbocycles. The van der Waals surface area contributed by atoms with Crippen molar-refractivity contribution in [2.24, 2.45) is 0 Å². The Morgan fingerprint density at radius 1 is 1.04 bits per heavy atom. The Balaban J connectivity index is 1.75. The molecule has 0 aliphatic heterocycles. The van der Waals surface area contributed by atoms with Crippen molar-refractivity contribution < 1.29 is 17.6 Å². The van der Waals surface area contributed by atoms with Crippen molar-refractivity contribution in [2.75, 3.05) is 5.32 Å². The number of hydrogen-bond donors (Lipinski definition) is 1. The molecule has 1 heterocycles. The monoisotopic (exact) mass is 349 g/mol. The molecule has 3 nitrogen and oxygen atoms in total. The lowest BCUT2D eigenvalue weighted by molar-refractivity contribution is -0.141. The zero-order chi connectivity index (χ0) is 18.0. The van der Waals surface area contributed by atoms with E-state index in [0.29, 0.717) is 23.5 Å². The van der Waals surface area contributed by atoms with Crippen molar-refractivity contribution in [1.82, 2.24) is 9.78 Å². The van der Waals surface area contributed by atoms with E-state index in [-0.39, 0.29) is 5.82 Å². The summed E-state index contributed by atoms with van der Waals surface area (Å²) in [6.07, 6.45) is -4.47. The predicted molar refractivity (Wildman–Crippen MR) is 87.0 cm³/mol. The second kappa shape index (κ2) is 6.58. The van der Waals surface area contributed by atoms with Crippen molar-refractivity contribution in [1.29, 1.82) is 0 Å². The third kappa shape index (κ3) is 3.81. The minimum Gasteiger partial charge on any atom is -0.381 e. The van der Waals surface area contributed by atoms with E-state index in [1.54, 1.807) is 49.4 Å². The number of alkyl halides is 3. The minimum atomic E-state index is -4.47. The highest BCUT2D eigenvalue weighted by atomic mass is 19.4. The second-order valence-corrected chi connectivity index (χ2v) is 5.57. The molecule has 7 heteroatoms. The molecule has 3 aromatic rings. The fourth-order valence-electron chi connectivity index (χ4n) is 2.43. The minimum absolute atomic E-state index is 0.293. The molecular formula is C18H15F4N3. The van der Waals surface area contributed by atoms with Gasteiger partial charge in [0.15, 0.2) is 5.69 Å². The number of benzene rings is 2. The molecule has 130 valence electrons. The van der Waals surface area contributed by atoms with Crippen LogP contribution in [0.4, 0.5) is 23.2 Å². The van der Waals surface area contributed by atoms with Gasteiger partial charge in [0.2, 0.25) is 0 Å². The van der Waals surface area contributed by atoms with Crippen molar-refractivity contribution in [2.45, 2.75) is 19.6 Å². The highest BCUT2D eigenvalue weighted by Crippen LogP contribution is 2.29. The van der Waals surface area contributed by atoms with Gasteiger partial charge in [-0.15, -0.1) is 0 Å². The summed E-state index contributed by atoms with van der Waals surface area (Å²) in [4.78, 5) is 0.